The summed E-state index contributed by atoms with van der Waals surface area (Å²) in [4.78, 5) is 12.1. The third-order valence-electron chi connectivity index (χ3n) is 4.73. The van der Waals surface area contributed by atoms with Crippen LogP contribution in [0.25, 0.3) is 0 Å². The number of ether oxygens (including phenoxy) is 1. The normalized spacial score (nSPS) is 12.7. The molecule has 0 saturated carbocycles. The number of benzene rings is 1. The standard InChI is InChI=1S/C22H31ClO3Si/c1-6-27(7-2,8-3)26-21(15-14-19(5)23)16-18(4)17-25-22(24)20-12-10-9-11-13-20/h9-15,21H,4-8,16-17H2,1-3H3/b15-14+/t21-/m1/s1. The third kappa shape index (κ3) is 8.29. The molecule has 0 N–H and O–H groups in total. The lowest BCUT2D eigenvalue weighted by Crippen LogP contribution is -2.39. The first-order valence-electron chi connectivity index (χ1n) is 9.45. The van der Waals surface area contributed by atoms with Crippen molar-refractivity contribution in [1.29, 1.82) is 0 Å². The van der Waals surface area contributed by atoms with Crippen LogP contribution >= 0.6 is 11.6 Å². The Bertz CT molecular complexity index is 643. The summed E-state index contributed by atoms with van der Waals surface area (Å²) < 4.78 is 11.9. The van der Waals surface area contributed by atoms with Gasteiger partial charge in [0.25, 0.3) is 0 Å². The zero-order valence-corrected chi connectivity index (χ0v) is 18.4. The lowest BCUT2D eigenvalue weighted by molar-refractivity contribution is 0.0533. The van der Waals surface area contributed by atoms with Crippen LogP contribution in [0.2, 0.25) is 18.1 Å². The highest BCUT2D eigenvalue weighted by Gasteiger charge is 2.31. The largest absolute Gasteiger partial charge is 0.458 e. The maximum absolute atomic E-state index is 12.1. The average molecular weight is 407 g/mol. The van der Waals surface area contributed by atoms with Gasteiger partial charge < -0.3 is 9.16 Å². The summed E-state index contributed by atoms with van der Waals surface area (Å²) in [5, 5.41) is 0.460. The molecule has 0 amide bonds. The van der Waals surface area contributed by atoms with Crippen LogP contribution in [0, 0.1) is 0 Å². The van der Waals surface area contributed by atoms with Crippen molar-refractivity contribution in [1.82, 2.24) is 0 Å². The topological polar surface area (TPSA) is 35.5 Å². The first-order valence-corrected chi connectivity index (χ1v) is 12.4. The molecule has 0 aliphatic rings. The number of rotatable bonds is 12. The van der Waals surface area contributed by atoms with Crippen molar-refractivity contribution in [2.75, 3.05) is 6.61 Å². The minimum atomic E-state index is -1.79. The van der Waals surface area contributed by atoms with E-state index < -0.39 is 8.32 Å². The molecule has 0 unspecified atom stereocenters. The highest BCUT2D eigenvalue weighted by molar-refractivity contribution is 6.73. The highest BCUT2D eigenvalue weighted by atomic mass is 35.5. The molecule has 0 radical (unpaired) electrons. The number of hydrogen-bond acceptors (Lipinski definition) is 3. The molecular weight excluding hydrogens is 376 g/mol. The van der Waals surface area contributed by atoms with Crippen molar-refractivity contribution in [2.24, 2.45) is 0 Å². The first kappa shape index (κ1) is 23.4. The van der Waals surface area contributed by atoms with Crippen molar-refractivity contribution < 1.29 is 14.0 Å². The minimum Gasteiger partial charge on any atom is -0.458 e. The van der Waals surface area contributed by atoms with E-state index in [1.807, 2.05) is 24.3 Å². The molecule has 0 spiro atoms. The summed E-state index contributed by atoms with van der Waals surface area (Å²) >= 11 is 5.88. The van der Waals surface area contributed by atoms with Crippen molar-refractivity contribution in [2.45, 2.75) is 51.4 Å². The molecule has 148 valence electrons. The second kappa shape index (κ2) is 12.0. The first-order chi connectivity index (χ1) is 12.9. The van der Waals surface area contributed by atoms with Gasteiger partial charge in [-0.2, -0.15) is 0 Å². The molecule has 0 saturated heterocycles. The van der Waals surface area contributed by atoms with Crippen LogP contribution in [0.15, 0.2) is 66.2 Å². The number of hydrogen-bond donors (Lipinski definition) is 0. The lowest BCUT2D eigenvalue weighted by Gasteiger charge is -2.32. The third-order valence-corrected chi connectivity index (χ3v) is 9.53. The second-order valence-corrected chi connectivity index (χ2v) is 11.8. The van der Waals surface area contributed by atoms with Gasteiger partial charge in [0.15, 0.2) is 8.32 Å². The Morgan fingerprint density at radius 2 is 1.74 bits per heavy atom. The zero-order valence-electron chi connectivity index (χ0n) is 16.7. The van der Waals surface area contributed by atoms with Gasteiger partial charge in [0.2, 0.25) is 0 Å². The minimum absolute atomic E-state index is 0.144. The van der Waals surface area contributed by atoms with Gasteiger partial charge in [-0.25, -0.2) is 4.79 Å². The Morgan fingerprint density at radius 3 is 2.26 bits per heavy atom. The Hall–Kier alpha value is -1.62. The maximum atomic E-state index is 12.1. The molecule has 0 aliphatic carbocycles. The Balaban J connectivity index is 2.72. The van der Waals surface area contributed by atoms with E-state index in [2.05, 4.69) is 33.9 Å². The molecule has 3 nitrogen and oxygen atoms in total. The number of carbonyl (C=O) groups is 1. The average Bonchev–Trinajstić information content (AvgIpc) is 2.69. The van der Waals surface area contributed by atoms with Crippen molar-refractivity contribution in [3.8, 4) is 0 Å². The Labute approximate surface area is 169 Å². The van der Waals surface area contributed by atoms with E-state index in [9.17, 15) is 4.79 Å². The van der Waals surface area contributed by atoms with E-state index in [-0.39, 0.29) is 18.7 Å². The highest BCUT2D eigenvalue weighted by Crippen LogP contribution is 2.26. The van der Waals surface area contributed by atoms with E-state index in [0.717, 1.165) is 23.7 Å². The molecule has 1 aromatic carbocycles. The molecule has 0 bridgehead atoms. The van der Waals surface area contributed by atoms with Crippen LogP contribution in [0.4, 0.5) is 0 Å². The quantitative estimate of drug-likeness (QED) is 0.172. The fourth-order valence-corrected chi connectivity index (χ4v) is 5.73. The number of allylic oxidation sites excluding steroid dienone is 2. The van der Waals surface area contributed by atoms with E-state index in [1.54, 1.807) is 18.2 Å². The Kier molecular flexibility index (Phi) is 10.4. The molecule has 1 rings (SSSR count). The fourth-order valence-electron chi connectivity index (χ4n) is 2.85. The molecule has 0 fully saturated rings. The lowest BCUT2D eigenvalue weighted by atomic mass is 10.1. The van der Waals surface area contributed by atoms with Crippen LogP contribution in [0.5, 0.6) is 0 Å². The summed E-state index contributed by atoms with van der Waals surface area (Å²) in [6.07, 6.45) is 4.13. The summed E-state index contributed by atoms with van der Waals surface area (Å²) in [5.74, 6) is -0.349. The smallest absolute Gasteiger partial charge is 0.338 e. The van der Waals surface area contributed by atoms with E-state index >= 15 is 0 Å². The van der Waals surface area contributed by atoms with Gasteiger partial charge in [-0.1, -0.05) is 69.8 Å². The second-order valence-electron chi connectivity index (χ2n) is 6.60. The molecule has 5 heteroatoms. The molecule has 1 aromatic rings. The predicted octanol–water partition coefficient (Wildman–Crippen LogP) is 6.49. The zero-order chi connectivity index (χ0) is 20.3. The summed E-state index contributed by atoms with van der Waals surface area (Å²) in [6.45, 7) is 14.5. The molecule has 0 aromatic heterocycles. The molecule has 0 heterocycles. The van der Waals surface area contributed by atoms with Gasteiger partial charge in [0.05, 0.1) is 11.7 Å². The van der Waals surface area contributed by atoms with E-state index in [0.29, 0.717) is 17.0 Å². The van der Waals surface area contributed by atoms with Gasteiger partial charge in [-0.05, 0) is 41.9 Å². The monoisotopic (exact) mass is 406 g/mol. The fraction of sp³-hybridized carbons (Fsp3) is 0.409. The number of esters is 1. The summed E-state index contributed by atoms with van der Waals surface area (Å²) in [5.41, 5.74) is 1.34. The van der Waals surface area contributed by atoms with E-state index in [4.69, 9.17) is 20.8 Å². The molecular formula is C22H31ClO3Si. The molecule has 27 heavy (non-hydrogen) atoms. The van der Waals surface area contributed by atoms with Crippen LogP contribution in [-0.4, -0.2) is 27.0 Å². The number of halogens is 1. The van der Waals surface area contributed by atoms with Crippen LogP contribution in [-0.2, 0) is 9.16 Å². The maximum Gasteiger partial charge on any atom is 0.338 e. The van der Waals surface area contributed by atoms with Crippen LogP contribution < -0.4 is 0 Å². The van der Waals surface area contributed by atoms with Crippen molar-refractivity contribution >= 4 is 25.9 Å². The van der Waals surface area contributed by atoms with E-state index in [1.165, 1.54) is 0 Å². The van der Waals surface area contributed by atoms with Gasteiger partial charge in [0, 0.05) is 11.5 Å². The van der Waals surface area contributed by atoms with Crippen molar-refractivity contribution in [3.63, 3.8) is 0 Å². The predicted molar refractivity (Wildman–Crippen MR) is 117 cm³/mol. The molecule has 1 atom stereocenters. The van der Waals surface area contributed by atoms with Crippen molar-refractivity contribution in [3.05, 3.63) is 71.8 Å². The SMILES string of the molecule is C=C(Cl)/C=C/[C@H](CC(=C)COC(=O)c1ccccc1)O[Si](CC)(CC)CC. The van der Waals surface area contributed by atoms with Gasteiger partial charge in [0.1, 0.15) is 6.61 Å². The number of carbonyl (C=O) groups excluding carboxylic acids is 1. The van der Waals surface area contributed by atoms with Crippen LogP contribution in [0.1, 0.15) is 37.6 Å². The van der Waals surface area contributed by atoms with Gasteiger partial charge in [-0.3, -0.25) is 0 Å². The van der Waals surface area contributed by atoms with Crippen LogP contribution in [0.3, 0.4) is 0 Å². The Morgan fingerprint density at radius 1 is 1.15 bits per heavy atom. The summed E-state index contributed by atoms with van der Waals surface area (Å²) in [6, 6.07) is 12.1. The van der Waals surface area contributed by atoms with Gasteiger partial charge >= 0.3 is 5.97 Å². The summed E-state index contributed by atoms with van der Waals surface area (Å²) in [7, 11) is -1.79. The van der Waals surface area contributed by atoms with Gasteiger partial charge in [-0.15, -0.1) is 0 Å². The molecule has 0 aliphatic heterocycles.